The highest BCUT2D eigenvalue weighted by molar-refractivity contribution is 7.88. The van der Waals surface area contributed by atoms with Crippen LogP contribution in [0.15, 0.2) is 71.2 Å². The summed E-state index contributed by atoms with van der Waals surface area (Å²) in [5.41, 5.74) is 3.87. The number of carbonyl (C=O) groups excluding carboxylic acids is 3. The Balaban J connectivity index is 0.958. The molecule has 1 fully saturated rings. The predicted octanol–water partition coefficient (Wildman–Crippen LogP) is 5.19. The van der Waals surface area contributed by atoms with Crippen LogP contribution in [0.2, 0.25) is 0 Å². The Morgan fingerprint density at radius 1 is 0.895 bits per heavy atom. The summed E-state index contributed by atoms with van der Waals surface area (Å²) < 4.78 is 75.3. The number of halogens is 1. The average molecular weight is 811 g/mol. The van der Waals surface area contributed by atoms with Gasteiger partial charge in [-0.15, -0.1) is 0 Å². The van der Waals surface area contributed by atoms with Crippen molar-refractivity contribution in [2.45, 2.75) is 38.0 Å². The topological polar surface area (TPSA) is 189 Å². The minimum Gasteiger partial charge on any atom is -0.507 e. The summed E-state index contributed by atoms with van der Waals surface area (Å²) in [6, 6.07) is 15.8. The molecule has 0 aliphatic heterocycles. The molecule has 3 aromatic carbocycles. The van der Waals surface area contributed by atoms with Crippen LogP contribution in [-0.2, 0) is 55.7 Å². The summed E-state index contributed by atoms with van der Waals surface area (Å²) in [6.07, 6.45) is 2.66. The van der Waals surface area contributed by atoms with Gasteiger partial charge in [-0.2, -0.15) is 0 Å². The molecule has 16 heteroatoms. The molecule has 1 amide bonds. The number of nitrogens with one attached hydrogen (secondary N) is 2. The van der Waals surface area contributed by atoms with E-state index in [1.807, 2.05) is 6.07 Å². The molecule has 1 heterocycles. The summed E-state index contributed by atoms with van der Waals surface area (Å²) in [5, 5.41) is 13.3. The number of hydrogen-bond acceptors (Lipinski definition) is 12. The van der Waals surface area contributed by atoms with Crippen LogP contribution in [0.3, 0.4) is 0 Å². The van der Waals surface area contributed by atoms with Crippen molar-refractivity contribution in [3.05, 3.63) is 100 Å². The third-order valence-corrected chi connectivity index (χ3v) is 10.2. The van der Waals surface area contributed by atoms with Crippen LogP contribution in [0.5, 0.6) is 0 Å². The Morgan fingerprint density at radius 3 is 2.14 bits per heavy atom. The van der Waals surface area contributed by atoms with Gasteiger partial charge in [0.2, 0.25) is 10.0 Å². The van der Waals surface area contributed by atoms with Crippen LogP contribution in [-0.4, -0.2) is 97.6 Å². The fraction of sp³-hybridized carbons (Fsp3) is 0.390. The SMILES string of the molecule is CCOC(=O)C(=O)/C=C(\O)c1ccc(COCCOCCOCCOCCNS(=O)(=O)Cc2cc3oc(-c4ccc(F)cc4)c(C(=O)NC)c3cc2C2CC2)cc1. The number of benzene rings is 3. The van der Waals surface area contributed by atoms with Gasteiger partial charge in [0, 0.05) is 36.2 Å². The van der Waals surface area contributed by atoms with Crippen LogP contribution in [0.25, 0.3) is 28.1 Å². The quantitative estimate of drug-likeness (QED) is 0.0277. The molecule has 1 aliphatic rings. The molecule has 0 spiro atoms. The zero-order valence-electron chi connectivity index (χ0n) is 31.8. The largest absolute Gasteiger partial charge is 0.507 e. The zero-order valence-corrected chi connectivity index (χ0v) is 32.7. The zero-order chi connectivity index (χ0) is 40.8. The molecule has 0 unspecified atom stereocenters. The lowest BCUT2D eigenvalue weighted by Crippen LogP contribution is -2.29. The number of esters is 1. The number of furan rings is 1. The Bertz CT molecular complexity index is 2130. The van der Waals surface area contributed by atoms with Crippen molar-refractivity contribution < 1.29 is 60.4 Å². The Hall–Kier alpha value is -4.97. The molecule has 3 N–H and O–H groups in total. The van der Waals surface area contributed by atoms with E-state index in [0.717, 1.165) is 30.0 Å². The highest BCUT2D eigenvalue weighted by atomic mass is 32.2. The van der Waals surface area contributed by atoms with Crippen molar-refractivity contribution in [2.24, 2.45) is 0 Å². The highest BCUT2D eigenvalue weighted by Crippen LogP contribution is 2.45. The van der Waals surface area contributed by atoms with Gasteiger partial charge in [0.25, 0.3) is 11.7 Å². The number of ether oxygens (including phenoxy) is 5. The van der Waals surface area contributed by atoms with Gasteiger partial charge in [-0.05, 0) is 78.8 Å². The van der Waals surface area contributed by atoms with Gasteiger partial charge in [-0.1, -0.05) is 24.3 Å². The van der Waals surface area contributed by atoms with Crippen molar-refractivity contribution >= 4 is 44.4 Å². The van der Waals surface area contributed by atoms with Crippen LogP contribution >= 0.6 is 0 Å². The van der Waals surface area contributed by atoms with Gasteiger partial charge < -0.3 is 38.5 Å². The van der Waals surface area contributed by atoms with E-state index in [9.17, 15) is 32.3 Å². The first-order valence-corrected chi connectivity index (χ1v) is 20.2. The lowest BCUT2D eigenvalue weighted by Gasteiger charge is -2.12. The molecular weight excluding hydrogens is 764 g/mol. The van der Waals surface area contributed by atoms with Gasteiger partial charge >= 0.3 is 5.97 Å². The van der Waals surface area contributed by atoms with Gasteiger partial charge in [-0.25, -0.2) is 22.3 Å². The van der Waals surface area contributed by atoms with Crippen molar-refractivity contribution in [1.82, 2.24) is 10.0 Å². The molecule has 0 saturated heterocycles. The normalized spacial score (nSPS) is 13.2. The van der Waals surface area contributed by atoms with Crippen molar-refractivity contribution in [1.29, 1.82) is 0 Å². The monoisotopic (exact) mass is 810 g/mol. The summed E-state index contributed by atoms with van der Waals surface area (Å²) >= 11 is 0. The molecule has 1 saturated carbocycles. The summed E-state index contributed by atoms with van der Waals surface area (Å²) in [5.74, 6) is -2.89. The van der Waals surface area contributed by atoms with Crippen LogP contribution in [0.1, 0.15) is 58.3 Å². The van der Waals surface area contributed by atoms with E-state index >= 15 is 0 Å². The number of fused-ring (bicyclic) bond motifs is 1. The van der Waals surface area contributed by atoms with E-state index in [1.165, 1.54) is 31.3 Å². The summed E-state index contributed by atoms with van der Waals surface area (Å²) in [7, 11) is -2.22. The number of carbonyl (C=O) groups is 3. The number of rotatable bonds is 24. The Morgan fingerprint density at radius 2 is 1.53 bits per heavy atom. The van der Waals surface area contributed by atoms with Crippen molar-refractivity contribution in [3.8, 4) is 11.3 Å². The Kier molecular flexibility index (Phi) is 15.9. The summed E-state index contributed by atoms with van der Waals surface area (Å²) in [6.45, 7) is 4.13. The molecule has 306 valence electrons. The van der Waals surface area contributed by atoms with E-state index in [2.05, 4.69) is 14.8 Å². The standard InChI is InChI=1S/C41H47FN2O12S/c1-3-55-41(48)36(46)24-35(45)29-6-4-27(5-7-29)25-54-21-20-53-19-18-52-17-16-51-15-14-44-57(49,50)26-31-22-37-34(23-33(31)28-8-9-28)38(40(47)43-2)39(56-37)30-10-12-32(42)13-11-30/h4-7,10-13,22-24,28,44-45H,3,8-9,14-21,25-26H2,1-2H3,(H,43,47)/b35-24-. The lowest BCUT2D eigenvalue weighted by atomic mass is 9.98. The van der Waals surface area contributed by atoms with Crippen molar-refractivity contribution in [2.75, 3.05) is 66.4 Å². The molecule has 57 heavy (non-hydrogen) atoms. The van der Waals surface area contributed by atoms with Gasteiger partial charge in [0.05, 0.1) is 70.8 Å². The third kappa shape index (κ3) is 12.8. The van der Waals surface area contributed by atoms with Gasteiger partial charge in [0.15, 0.2) is 0 Å². The predicted molar refractivity (Wildman–Crippen MR) is 208 cm³/mol. The number of hydrogen-bond donors (Lipinski definition) is 3. The number of aliphatic hydroxyl groups excluding tert-OH is 1. The first-order chi connectivity index (χ1) is 27.5. The Labute approximate surface area is 330 Å². The van der Waals surface area contributed by atoms with Crippen LogP contribution in [0.4, 0.5) is 4.39 Å². The minimum atomic E-state index is -3.74. The van der Waals surface area contributed by atoms with Gasteiger partial charge in [-0.3, -0.25) is 9.59 Å². The van der Waals surface area contributed by atoms with Crippen LogP contribution < -0.4 is 10.0 Å². The first kappa shape index (κ1) is 43.2. The lowest BCUT2D eigenvalue weighted by molar-refractivity contribution is -0.151. The minimum absolute atomic E-state index is 0.0642. The van der Waals surface area contributed by atoms with E-state index in [1.54, 1.807) is 37.3 Å². The molecule has 0 atom stereocenters. The fourth-order valence-corrected chi connectivity index (χ4v) is 7.03. The first-order valence-electron chi connectivity index (χ1n) is 18.6. The number of sulfonamides is 1. The second-order valence-corrected chi connectivity index (χ2v) is 14.9. The van der Waals surface area contributed by atoms with Crippen LogP contribution in [0, 0.1) is 5.82 Å². The maximum absolute atomic E-state index is 13.6. The van der Waals surface area contributed by atoms with Crippen molar-refractivity contribution in [3.63, 3.8) is 0 Å². The van der Waals surface area contributed by atoms with E-state index < -0.39 is 27.6 Å². The number of amides is 1. The number of ketones is 1. The molecule has 0 radical (unpaired) electrons. The molecule has 4 aromatic rings. The second kappa shape index (κ2) is 21.0. The fourth-order valence-electron chi connectivity index (χ4n) is 5.87. The van der Waals surface area contributed by atoms with E-state index in [-0.39, 0.29) is 55.5 Å². The highest BCUT2D eigenvalue weighted by Gasteiger charge is 2.31. The maximum atomic E-state index is 13.6. The molecular formula is C41H47FN2O12S. The summed E-state index contributed by atoms with van der Waals surface area (Å²) in [4.78, 5) is 36.1. The molecule has 5 rings (SSSR count). The average Bonchev–Trinajstić information content (AvgIpc) is 3.98. The molecule has 14 nitrogen and oxygen atoms in total. The van der Waals surface area contributed by atoms with E-state index in [4.69, 9.17) is 23.4 Å². The third-order valence-electron chi connectivity index (χ3n) is 8.82. The second-order valence-electron chi connectivity index (χ2n) is 13.1. The maximum Gasteiger partial charge on any atom is 0.379 e. The van der Waals surface area contributed by atoms with E-state index in [0.29, 0.717) is 72.9 Å². The van der Waals surface area contributed by atoms with Gasteiger partial charge in [0.1, 0.15) is 22.9 Å². The smallest absolute Gasteiger partial charge is 0.379 e. The number of aliphatic hydroxyl groups is 1. The molecule has 0 bridgehead atoms. The molecule has 1 aromatic heterocycles. The molecule has 1 aliphatic carbocycles.